The van der Waals surface area contributed by atoms with Crippen LogP contribution in [0.15, 0.2) is 90.8 Å². The van der Waals surface area contributed by atoms with E-state index in [9.17, 15) is 23.5 Å². The number of amides is 1. The Labute approximate surface area is 213 Å². The second-order valence-corrected chi connectivity index (χ2v) is 8.43. The predicted octanol–water partition coefficient (Wildman–Crippen LogP) is 2.14. The summed E-state index contributed by atoms with van der Waals surface area (Å²) in [6, 6.07) is 12.5. The number of pyridine rings is 1. The molecule has 0 aliphatic carbocycles. The number of carbonyl (C=O) groups is 1. The average molecular weight is 518 g/mol. The molecule has 13 heteroatoms. The summed E-state index contributed by atoms with van der Waals surface area (Å²) in [5.41, 5.74) is -1.54. The molecule has 38 heavy (non-hydrogen) atoms. The topological polar surface area (TPSA) is 133 Å². The van der Waals surface area contributed by atoms with Crippen LogP contribution in [0.4, 0.5) is 14.5 Å². The molecule has 0 saturated carbocycles. The summed E-state index contributed by atoms with van der Waals surface area (Å²) in [7, 11) is 0. The minimum Gasteiger partial charge on any atom is -0.381 e. The molecule has 0 bridgehead atoms. The summed E-state index contributed by atoms with van der Waals surface area (Å²) in [6.07, 6.45) is 6.82. The van der Waals surface area contributed by atoms with E-state index in [0.717, 1.165) is 16.8 Å². The van der Waals surface area contributed by atoms with E-state index < -0.39 is 29.5 Å². The number of halogens is 2. The number of benzene rings is 2. The van der Waals surface area contributed by atoms with Crippen LogP contribution in [0.5, 0.6) is 0 Å². The number of hydrogen-bond donors (Lipinski definition) is 2. The molecular weight excluding hydrogens is 498 g/mol. The molecule has 192 valence electrons. The van der Waals surface area contributed by atoms with Gasteiger partial charge in [-0.3, -0.25) is 9.78 Å². The van der Waals surface area contributed by atoms with Gasteiger partial charge in [-0.1, -0.05) is 6.07 Å². The molecule has 5 rings (SSSR count). The third kappa shape index (κ3) is 5.08. The van der Waals surface area contributed by atoms with Crippen LogP contribution in [-0.4, -0.2) is 45.1 Å². The first-order chi connectivity index (χ1) is 18.3. The standard InChI is InChI=1S/C25H20F2N8O3/c26-18-3-8-21(22(27)10-18)25(38,12-33-15-29-14-30-33)13-35-24(37)34(16-31-35)20-6-4-19(5-7-20)32-23(36)17-2-1-9-28-11-17/h1-11,14-16,38H,12-13H2,(H,32,36). The summed E-state index contributed by atoms with van der Waals surface area (Å²) in [4.78, 5) is 33.2. The third-order valence-electron chi connectivity index (χ3n) is 5.79. The Morgan fingerprint density at radius 3 is 2.50 bits per heavy atom. The van der Waals surface area contributed by atoms with Crippen LogP contribution in [0.3, 0.4) is 0 Å². The van der Waals surface area contributed by atoms with Gasteiger partial charge in [0.25, 0.3) is 5.91 Å². The van der Waals surface area contributed by atoms with Crippen LogP contribution in [0.25, 0.3) is 5.69 Å². The lowest BCUT2D eigenvalue weighted by Crippen LogP contribution is -2.41. The maximum absolute atomic E-state index is 14.7. The summed E-state index contributed by atoms with van der Waals surface area (Å²) < 4.78 is 31.7. The number of anilines is 1. The zero-order chi connectivity index (χ0) is 26.7. The first-order valence-electron chi connectivity index (χ1n) is 11.3. The highest BCUT2D eigenvalue weighted by atomic mass is 19.1. The lowest BCUT2D eigenvalue weighted by Gasteiger charge is -2.28. The van der Waals surface area contributed by atoms with Crippen LogP contribution in [-0.2, 0) is 18.7 Å². The zero-order valence-electron chi connectivity index (χ0n) is 19.6. The van der Waals surface area contributed by atoms with Crippen molar-refractivity contribution in [3.63, 3.8) is 0 Å². The Hall–Kier alpha value is -5.04. The Bertz CT molecular complexity index is 1620. The number of nitrogens with one attached hydrogen (secondary N) is 1. The van der Waals surface area contributed by atoms with E-state index >= 15 is 0 Å². The van der Waals surface area contributed by atoms with Gasteiger partial charge in [-0.15, -0.1) is 0 Å². The monoisotopic (exact) mass is 518 g/mol. The SMILES string of the molecule is O=C(Nc1ccc(-n2cnn(CC(O)(Cn3cncn3)c3ccc(F)cc3F)c2=O)cc1)c1cccnc1. The van der Waals surface area contributed by atoms with Crippen molar-refractivity contribution in [1.29, 1.82) is 0 Å². The molecule has 0 radical (unpaired) electrons. The van der Waals surface area contributed by atoms with Crippen molar-refractivity contribution in [2.24, 2.45) is 0 Å². The number of carbonyl (C=O) groups excluding carboxylic acids is 1. The smallest absolute Gasteiger partial charge is 0.350 e. The summed E-state index contributed by atoms with van der Waals surface area (Å²) in [5.74, 6) is -2.13. The highest BCUT2D eigenvalue weighted by Crippen LogP contribution is 2.28. The van der Waals surface area contributed by atoms with Crippen molar-refractivity contribution in [1.82, 2.24) is 34.1 Å². The fraction of sp³-hybridized carbons (Fsp3) is 0.120. The largest absolute Gasteiger partial charge is 0.381 e. The summed E-state index contributed by atoms with van der Waals surface area (Å²) in [6.45, 7) is -0.735. The molecule has 0 spiro atoms. The fourth-order valence-electron chi connectivity index (χ4n) is 3.95. The van der Waals surface area contributed by atoms with Crippen LogP contribution in [0.1, 0.15) is 15.9 Å². The normalized spacial score (nSPS) is 12.7. The lowest BCUT2D eigenvalue weighted by atomic mass is 9.93. The number of aromatic nitrogens is 7. The van der Waals surface area contributed by atoms with E-state index in [0.29, 0.717) is 23.0 Å². The highest BCUT2D eigenvalue weighted by molar-refractivity contribution is 6.04. The lowest BCUT2D eigenvalue weighted by molar-refractivity contribution is -0.00948. The summed E-state index contributed by atoms with van der Waals surface area (Å²) in [5, 5.41) is 22.3. The highest BCUT2D eigenvalue weighted by Gasteiger charge is 2.35. The molecule has 1 amide bonds. The first-order valence-corrected chi connectivity index (χ1v) is 11.3. The molecule has 0 aliphatic heterocycles. The van der Waals surface area contributed by atoms with Crippen LogP contribution < -0.4 is 11.0 Å². The number of nitrogens with zero attached hydrogens (tertiary/aromatic N) is 7. The minimum atomic E-state index is -2.02. The van der Waals surface area contributed by atoms with Gasteiger partial charge in [0.15, 0.2) is 0 Å². The Morgan fingerprint density at radius 2 is 1.82 bits per heavy atom. The zero-order valence-corrected chi connectivity index (χ0v) is 19.6. The van der Waals surface area contributed by atoms with Gasteiger partial charge in [-0.25, -0.2) is 32.5 Å². The maximum Gasteiger partial charge on any atom is 0.350 e. The second-order valence-electron chi connectivity index (χ2n) is 8.43. The Morgan fingerprint density at radius 1 is 1.00 bits per heavy atom. The van der Waals surface area contributed by atoms with E-state index in [4.69, 9.17) is 0 Å². The van der Waals surface area contributed by atoms with E-state index in [1.54, 1.807) is 42.6 Å². The van der Waals surface area contributed by atoms with Gasteiger partial charge in [-0.05, 0) is 42.5 Å². The van der Waals surface area contributed by atoms with Crippen molar-refractivity contribution < 1.29 is 18.7 Å². The van der Waals surface area contributed by atoms with Gasteiger partial charge in [0.2, 0.25) is 0 Å². The molecule has 11 nitrogen and oxygen atoms in total. The Balaban J connectivity index is 1.40. The van der Waals surface area contributed by atoms with Gasteiger partial charge < -0.3 is 10.4 Å². The van der Waals surface area contributed by atoms with Crippen molar-refractivity contribution >= 4 is 11.6 Å². The number of hydrogen-bond acceptors (Lipinski definition) is 7. The quantitative estimate of drug-likeness (QED) is 0.322. The number of aliphatic hydroxyl groups is 1. The molecular formula is C25H20F2N8O3. The van der Waals surface area contributed by atoms with Crippen LogP contribution in [0.2, 0.25) is 0 Å². The van der Waals surface area contributed by atoms with Crippen LogP contribution >= 0.6 is 0 Å². The van der Waals surface area contributed by atoms with Gasteiger partial charge in [0, 0.05) is 29.7 Å². The number of rotatable bonds is 8. The summed E-state index contributed by atoms with van der Waals surface area (Å²) >= 11 is 0. The van der Waals surface area contributed by atoms with Gasteiger partial charge in [0.1, 0.15) is 36.2 Å². The Kier molecular flexibility index (Phi) is 6.58. The van der Waals surface area contributed by atoms with Crippen LogP contribution in [0, 0.1) is 11.6 Å². The van der Waals surface area contributed by atoms with E-state index in [-0.39, 0.29) is 18.0 Å². The van der Waals surface area contributed by atoms with Crippen molar-refractivity contribution in [2.45, 2.75) is 18.7 Å². The molecule has 0 aliphatic rings. The van der Waals surface area contributed by atoms with Crippen molar-refractivity contribution in [2.75, 3.05) is 5.32 Å². The average Bonchev–Trinajstić information content (AvgIpc) is 3.54. The first kappa shape index (κ1) is 24.6. The maximum atomic E-state index is 14.7. The van der Waals surface area contributed by atoms with Gasteiger partial charge >= 0.3 is 5.69 Å². The minimum absolute atomic E-state index is 0.232. The third-order valence-corrected chi connectivity index (χ3v) is 5.79. The molecule has 0 saturated heterocycles. The van der Waals surface area contributed by atoms with Gasteiger partial charge in [0.05, 0.1) is 24.3 Å². The van der Waals surface area contributed by atoms with E-state index in [1.807, 2.05) is 0 Å². The van der Waals surface area contributed by atoms with E-state index in [2.05, 4.69) is 25.5 Å². The van der Waals surface area contributed by atoms with Gasteiger partial charge in [-0.2, -0.15) is 10.2 Å². The second kappa shape index (κ2) is 10.1. The molecule has 1 atom stereocenters. The molecule has 2 N–H and O–H groups in total. The predicted molar refractivity (Wildman–Crippen MR) is 130 cm³/mol. The molecule has 0 fully saturated rings. The molecule has 3 aromatic heterocycles. The molecule has 1 unspecified atom stereocenters. The van der Waals surface area contributed by atoms with E-state index in [1.165, 1.54) is 34.4 Å². The molecule has 5 aromatic rings. The van der Waals surface area contributed by atoms with Crippen molar-refractivity contribution in [3.05, 3.63) is 119 Å². The van der Waals surface area contributed by atoms with Crippen molar-refractivity contribution in [3.8, 4) is 5.69 Å². The fourth-order valence-corrected chi connectivity index (χ4v) is 3.95. The molecule has 2 aromatic carbocycles. The molecule has 3 heterocycles.